The third kappa shape index (κ3) is 2.07. The van der Waals surface area contributed by atoms with E-state index in [1.54, 1.807) is 0 Å². The molecule has 5 rings (SSSR count). The first-order valence-electron chi connectivity index (χ1n) is 9.09. The molecule has 0 aliphatic heterocycles. The van der Waals surface area contributed by atoms with Gasteiger partial charge in [0.15, 0.2) is 0 Å². The van der Waals surface area contributed by atoms with Gasteiger partial charge in [-0.1, -0.05) is 39.5 Å². The molecule has 3 atom stereocenters. The van der Waals surface area contributed by atoms with Gasteiger partial charge in [0, 0.05) is 0 Å². The van der Waals surface area contributed by atoms with Gasteiger partial charge in [0.1, 0.15) is 0 Å². The average Bonchev–Trinajstić information content (AvgIpc) is 2.76. The van der Waals surface area contributed by atoms with E-state index in [1.807, 2.05) is 0 Å². The van der Waals surface area contributed by atoms with Crippen LogP contribution in [-0.4, -0.2) is 11.2 Å². The standard InChI is InChI=1S/C19H32O/c1-17-8-15-9-18(2,11-17)13-19(10-15,12-17)16(20)7-14-5-3-4-6-14/h14-16,20H,3-13H2,1-2H3. The topological polar surface area (TPSA) is 20.2 Å². The van der Waals surface area contributed by atoms with Crippen molar-refractivity contribution < 1.29 is 5.11 Å². The van der Waals surface area contributed by atoms with Crippen molar-refractivity contribution in [3.05, 3.63) is 0 Å². The third-order valence-corrected chi connectivity index (χ3v) is 7.41. The van der Waals surface area contributed by atoms with E-state index in [2.05, 4.69) is 13.8 Å². The van der Waals surface area contributed by atoms with Crippen molar-refractivity contribution in [2.24, 2.45) is 28.1 Å². The van der Waals surface area contributed by atoms with Crippen molar-refractivity contribution >= 4 is 0 Å². The molecular formula is C19H32O. The van der Waals surface area contributed by atoms with Crippen LogP contribution in [-0.2, 0) is 0 Å². The maximum absolute atomic E-state index is 11.1. The molecule has 1 N–H and O–H groups in total. The molecule has 5 saturated carbocycles. The normalized spacial score (nSPS) is 52.6. The van der Waals surface area contributed by atoms with Crippen molar-refractivity contribution in [3.63, 3.8) is 0 Å². The molecule has 5 aliphatic rings. The lowest BCUT2D eigenvalue weighted by Crippen LogP contribution is -2.58. The van der Waals surface area contributed by atoms with Gasteiger partial charge in [-0.3, -0.25) is 0 Å². The molecule has 0 aromatic heterocycles. The molecule has 20 heavy (non-hydrogen) atoms. The van der Waals surface area contributed by atoms with E-state index in [0.717, 1.165) is 18.3 Å². The SMILES string of the molecule is CC12CC3CC(C)(C1)CC(C(O)CC1CCCC1)(C3)C2. The van der Waals surface area contributed by atoms with Gasteiger partial charge < -0.3 is 5.11 Å². The lowest BCUT2D eigenvalue weighted by Gasteiger charge is -2.66. The van der Waals surface area contributed by atoms with Crippen LogP contribution < -0.4 is 0 Å². The van der Waals surface area contributed by atoms with Crippen LogP contribution >= 0.6 is 0 Å². The highest BCUT2D eigenvalue weighted by molar-refractivity contribution is 5.12. The van der Waals surface area contributed by atoms with Crippen molar-refractivity contribution in [1.82, 2.24) is 0 Å². The second kappa shape index (κ2) is 4.24. The predicted octanol–water partition coefficient (Wildman–Crippen LogP) is 4.92. The summed E-state index contributed by atoms with van der Waals surface area (Å²) in [4.78, 5) is 0. The van der Waals surface area contributed by atoms with E-state index < -0.39 is 0 Å². The van der Waals surface area contributed by atoms with Gasteiger partial charge >= 0.3 is 0 Å². The molecule has 1 nitrogen and oxygen atoms in total. The summed E-state index contributed by atoms with van der Waals surface area (Å²) in [5, 5.41) is 11.1. The van der Waals surface area contributed by atoms with Crippen molar-refractivity contribution in [1.29, 1.82) is 0 Å². The van der Waals surface area contributed by atoms with Crippen LogP contribution in [0.15, 0.2) is 0 Å². The summed E-state index contributed by atoms with van der Waals surface area (Å²) in [7, 11) is 0. The van der Waals surface area contributed by atoms with Crippen LogP contribution in [0.25, 0.3) is 0 Å². The predicted molar refractivity (Wildman–Crippen MR) is 82.4 cm³/mol. The second-order valence-corrected chi connectivity index (χ2v) is 9.89. The van der Waals surface area contributed by atoms with Gasteiger partial charge in [-0.25, -0.2) is 0 Å². The Morgan fingerprint density at radius 1 is 0.950 bits per heavy atom. The zero-order valence-electron chi connectivity index (χ0n) is 13.5. The van der Waals surface area contributed by atoms with Crippen LogP contribution in [0.5, 0.6) is 0 Å². The maximum atomic E-state index is 11.1. The molecule has 4 bridgehead atoms. The first kappa shape index (κ1) is 13.6. The molecule has 114 valence electrons. The Labute approximate surface area is 124 Å². The molecule has 0 aromatic carbocycles. The van der Waals surface area contributed by atoms with E-state index in [0.29, 0.717) is 16.2 Å². The van der Waals surface area contributed by atoms with Gasteiger partial charge in [-0.15, -0.1) is 0 Å². The lowest BCUT2D eigenvalue weighted by atomic mass is 9.39. The Balaban J connectivity index is 1.56. The fourth-order valence-electron chi connectivity index (χ4n) is 7.72. The summed E-state index contributed by atoms with van der Waals surface area (Å²) < 4.78 is 0. The first-order chi connectivity index (χ1) is 9.41. The van der Waals surface area contributed by atoms with E-state index in [9.17, 15) is 5.11 Å². The molecule has 0 heterocycles. The first-order valence-corrected chi connectivity index (χ1v) is 9.09. The summed E-state index contributed by atoms with van der Waals surface area (Å²) in [5.41, 5.74) is 1.39. The van der Waals surface area contributed by atoms with Crippen LogP contribution in [0.1, 0.15) is 84.5 Å². The van der Waals surface area contributed by atoms with Crippen molar-refractivity contribution in [2.75, 3.05) is 0 Å². The van der Waals surface area contributed by atoms with Gasteiger partial charge in [0.05, 0.1) is 6.10 Å². The number of hydrogen-bond donors (Lipinski definition) is 1. The Morgan fingerprint density at radius 3 is 2.10 bits per heavy atom. The Kier molecular flexibility index (Phi) is 2.89. The lowest BCUT2D eigenvalue weighted by molar-refractivity contribution is -0.188. The minimum atomic E-state index is -0.00681. The zero-order valence-corrected chi connectivity index (χ0v) is 13.5. The van der Waals surface area contributed by atoms with E-state index >= 15 is 0 Å². The Bertz CT molecular complexity index is 377. The summed E-state index contributed by atoms with van der Waals surface area (Å²) >= 11 is 0. The molecule has 3 unspecified atom stereocenters. The minimum absolute atomic E-state index is 0.00681. The molecule has 5 fully saturated rings. The van der Waals surface area contributed by atoms with Crippen LogP contribution in [0.3, 0.4) is 0 Å². The number of aliphatic hydroxyl groups excluding tert-OH is 1. The molecule has 0 amide bonds. The summed E-state index contributed by atoms with van der Waals surface area (Å²) in [6, 6.07) is 0. The average molecular weight is 276 g/mol. The fourth-order valence-corrected chi connectivity index (χ4v) is 7.72. The van der Waals surface area contributed by atoms with E-state index in [-0.39, 0.29) is 6.10 Å². The maximum Gasteiger partial charge on any atom is 0.0599 e. The molecule has 5 aliphatic carbocycles. The summed E-state index contributed by atoms with van der Waals surface area (Å²) in [6.07, 6.45) is 15.0. The van der Waals surface area contributed by atoms with E-state index in [1.165, 1.54) is 64.2 Å². The monoisotopic (exact) mass is 276 g/mol. The van der Waals surface area contributed by atoms with Crippen molar-refractivity contribution in [3.8, 4) is 0 Å². The van der Waals surface area contributed by atoms with Gasteiger partial charge in [-0.05, 0) is 73.0 Å². The highest BCUT2D eigenvalue weighted by atomic mass is 16.3. The number of rotatable bonds is 3. The smallest absolute Gasteiger partial charge is 0.0599 e. The number of aliphatic hydroxyl groups is 1. The van der Waals surface area contributed by atoms with Crippen LogP contribution in [0.2, 0.25) is 0 Å². The molecule has 0 aromatic rings. The highest BCUT2D eigenvalue weighted by Crippen LogP contribution is 2.70. The number of hydrogen-bond acceptors (Lipinski definition) is 1. The fraction of sp³-hybridized carbons (Fsp3) is 1.00. The quantitative estimate of drug-likeness (QED) is 0.775. The van der Waals surface area contributed by atoms with E-state index in [4.69, 9.17) is 0 Å². The summed E-state index contributed by atoms with van der Waals surface area (Å²) in [6.45, 7) is 5.04. The van der Waals surface area contributed by atoms with Crippen LogP contribution in [0, 0.1) is 28.1 Å². The zero-order chi connectivity index (χ0) is 14.0. The van der Waals surface area contributed by atoms with Gasteiger partial charge in [-0.2, -0.15) is 0 Å². The Hall–Kier alpha value is -0.0400. The molecule has 1 heteroatoms. The largest absolute Gasteiger partial charge is 0.393 e. The molecule has 0 spiro atoms. The molecule has 0 saturated heterocycles. The third-order valence-electron chi connectivity index (χ3n) is 7.41. The summed E-state index contributed by atoms with van der Waals surface area (Å²) in [5.74, 6) is 1.75. The van der Waals surface area contributed by atoms with Crippen molar-refractivity contribution in [2.45, 2.75) is 90.6 Å². The molecular weight excluding hydrogens is 244 g/mol. The van der Waals surface area contributed by atoms with Crippen LogP contribution in [0.4, 0.5) is 0 Å². The van der Waals surface area contributed by atoms with Gasteiger partial charge in [0.25, 0.3) is 0 Å². The highest BCUT2D eigenvalue weighted by Gasteiger charge is 2.62. The van der Waals surface area contributed by atoms with Gasteiger partial charge in [0.2, 0.25) is 0 Å². The molecule has 0 radical (unpaired) electrons. The Morgan fingerprint density at radius 2 is 1.55 bits per heavy atom. The minimum Gasteiger partial charge on any atom is -0.393 e. The second-order valence-electron chi connectivity index (χ2n) is 9.89.